The molecule has 5 atom stereocenters. The lowest BCUT2D eigenvalue weighted by Gasteiger charge is -2.37. The molecule has 2 fully saturated rings. The zero-order valence-corrected chi connectivity index (χ0v) is 21.3. The van der Waals surface area contributed by atoms with Gasteiger partial charge in [0.05, 0.1) is 44.2 Å². The van der Waals surface area contributed by atoms with Gasteiger partial charge >= 0.3 is 5.97 Å². The monoisotopic (exact) mass is 490 g/mol. The van der Waals surface area contributed by atoms with E-state index in [4.69, 9.17) is 28.4 Å². The number of methoxy groups -OCH3 is 1. The van der Waals surface area contributed by atoms with E-state index in [0.717, 1.165) is 44.9 Å². The summed E-state index contributed by atoms with van der Waals surface area (Å²) < 4.78 is 35.1. The Bertz CT molecular complexity index is 734. The van der Waals surface area contributed by atoms with E-state index in [0.29, 0.717) is 26.2 Å². The first kappa shape index (κ1) is 27.8. The topological polar surface area (TPSA) is 72.5 Å². The van der Waals surface area contributed by atoms with Gasteiger partial charge in [0.1, 0.15) is 6.10 Å². The van der Waals surface area contributed by atoms with E-state index in [1.54, 1.807) is 7.11 Å². The van der Waals surface area contributed by atoms with E-state index < -0.39 is 0 Å². The van der Waals surface area contributed by atoms with Crippen molar-refractivity contribution in [1.82, 2.24) is 0 Å². The first-order chi connectivity index (χ1) is 17.1. The molecule has 0 amide bonds. The Labute approximate surface area is 210 Å². The summed E-state index contributed by atoms with van der Waals surface area (Å²) in [4.78, 5) is 11.7. The average Bonchev–Trinajstić information content (AvgIpc) is 3.36. The minimum atomic E-state index is -0.271. The van der Waals surface area contributed by atoms with Crippen molar-refractivity contribution in [2.45, 2.75) is 102 Å². The number of esters is 1. The van der Waals surface area contributed by atoms with Crippen LogP contribution in [0.1, 0.15) is 63.9 Å². The predicted molar refractivity (Wildman–Crippen MR) is 133 cm³/mol. The molecule has 0 unspecified atom stereocenters. The molecular weight excluding hydrogens is 448 g/mol. The van der Waals surface area contributed by atoms with Crippen LogP contribution in [-0.4, -0.2) is 63.1 Å². The number of benzene rings is 1. The van der Waals surface area contributed by atoms with Gasteiger partial charge in [-0.3, -0.25) is 4.79 Å². The highest BCUT2D eigenvalue weighted by Gasteiger charge is 2.32. The number of carbonyl (C=O) groups is 1. The van der Waals surface area contributed by atoms with Crippen LogP contribution in [-0.2, 0) is 39.8 Å². The van der Waals surface area contributed by atoms with Crippen LogP contribution in [0.5, 0.6) is 0 Å². The highest BCUT2D eigenvalue weighted by Crippen LogP contribution is 2.29. The van der Waals surface area contributed by atoms with Crippen LogP contribution >= 0.6 is 0 Å². The van der Waals surface area contributed by atoms with E-state index >= 15 is 0 Å². The van der Waals surface area contributed by atoms with E-state index in [2.05, 4.69) is 18.7 Å². The fourth-order valence-electron chi connectivity index (χ4n) is 4.90. The molecule has 7 nitrogen and oxygen atoms in total. The van der Waals surface area contributed by atoms with Crippen LogP contribution in [0.15, 0.2) is 43.0 Å². The largest absolute Gasteiger partial charge is 0.462 e. The van der Waals surface area contributed by atoms with Gasteiger partial charge in [0.15, 0.2) is 6.29 Å². The van der Waals surface area contributed by atoms with Crippen molar-refractivity contribution in [2.24, 2.45) is 0 Å². The first-order valence-electron chi connectivity index (χ1n) is 12.9. The van der Waals surface area contributed by atoms with Crippen molar-refractivity contribution in [3.8, 4) is 0 Å². The number of carbonyl (C=O) groups excluding carboxylic acids is 1. The van der Waals surface area contributed by atoms with Gasteiger partial charge < -0.3 is 28.4 Å². The van der Waals surface area contributed by atoms with Gasteiger partial charge in [0.2, 0.25) is 0 Å². The third-order valence-electron chi connectivity index (χ3n) is 6.57. The lowest BCUT2D eigenvalue weighted by molar-refractivity contribution is -0.150. The maximum Gasteiger partial charge on any atom is 0.302 e. The number of hydrogen-bond donors (Lipinski definition) is 0. The Hall–Kier alpha value is -1.77. The second-order valence-electron chi connectivity index (χ2n) is 9.46. The molecule has 2 aliphatic heterocycles. The minimum Gasteiger partial charge on any atom is -0.462 e. The Morgan fingerprint density at radius 1 is 1.14 bits per heavy atom. The maximum atomic E-state index is 11.7. The molecule has 7 heteroatoms. The van der Waals surface area contributed by atoms with Crippen LogP contribution < -0.4 is 0 Å². The number of ether oxygens (including phenoxy) is 6. The molecule has 35 heavy (non-hydrogen) atoms. The maximum absolute atomic E-state index is 11.7. The normalized spacial score (nSPS) is 24.7. The van der Waals surface area contributed by atoms with Crippen molar-refractivity contribution >= 4 is 5.97 Å². The van der Waals surface area contributed by atoms with Crippen LogP contribution in [0.25, 0.3) is 0 Å². The van der Waals surface area contributed by atoms with Crippen LogP contribution in [0.4, 0.5) is 0 Å². The SMILES string of the molecule is C=CC[C@H]1C[C@@H](OCc2ccccc2)C[C@@H](C[C@@H](C[C@H](CCCC2OCCO2)OC(C)=O)OC)O1. The zero-order valence-electron chi connectivity index (χ0n) is 21.3. The summed E-state index contributed by atoms with van der Waals surface area (Å²) in [6, 6.07) is 10.2. The van der Waals surface area contributed by atoms with Gasteiger partial charge in [-0.1, -0.05) is 36.4 Å². The molecule has 196 valence electrons. The third kappa shape index (κ3) is 10.4. The quantitative estimate of drug-likeness (QED) is 0.254. The molecule has 0 spiro atoms. The van der Waals surface area contributed by atoms with Crippen molar-refractivity contribution in [3.63, 3.8) is 0 Å². The molecule has 0 bridgehead atoms. The molecule has 2 heterocycles. The summed E-state index contributed by atoms with van der Waals surface area (Å²) in [5.74, 6) is -0.271. The van der Waals surface area contributed by atoms with E-state index in [-0.39, 0.29) is 42.8 Å². The smallest absolute Gasteiger partial charge is 0.302 e. The summed E-state index contributed by atoms with van der Waals surface area (Å²) in [5.41, 5.74) is 1.17. The number of hydrogen-bond acceptors (Lipinski definition) is 7. The van der Waals surface area contributed by atoms with Crippen molar-refractivity contribution in [2.75, 3.05) is 20.3 Å². The van der Waals surface area contributed by atoms with Crippen molar-refractivity contribution in [3.05, 3.63) is 48.6 Å². The standard InChI is InChI=1S/C28H42O7/c1-4-9-23-17-26(33-20-22-10-6-5-7-11-22)19-27(35-23)18-25(30-3)16-24(34-21(2)29)12-8-13-28-31-14-15-32-28/h4-7,10-11,23-28H,1,8-9,12-20H2,2-3H3/t23-,24-,25+,26+,27+/m0/s1. The minimum absolute atomic E-state index is 0.0118. The van der Waals surface area contributed by atoms with Crippen molar-refractivity contribution < 1.29 is 33.2 Å². The van der Waals surface area contributed by atoms with Crippen LogP contribution in [0.2, 0.25) is 0 Å². The molecule has 0 saturated carbocycles. The molecule has 3 rings (SSSR count). The molecular formula is C28H42O7. The lowest BCUT2D eigenvalue weighted by Crippen LogP contribution is -2.39. The molecule has 1 aromatic carbocycles. The fourth-order valence-corrected chi connectivity index (χ4v) is 4.90. The molecule has 2 aliphatic rings. The van der Waals surface area contributed by atoms with Gasteiger partial charge in [-0.2, -0.15) is 0 Å². The van der Waals surface area contributed by atoms with E-state index in [1.165, 1.54) is 12.5 Å². The Kier molecular flexibility index (Phi) is 12.2. The molecule has 2 saturated heterocycles. The van der Waals surface area contributed by atoms with Crippen molar-refractivity contribution in [1.29, 1.82) is 0 Å². The summed E-state index contributed by atoms with van der Waals surface area (Å²) >= 11 is 0. The van der Waals surface area contributed by atoms with E-state index in [1.807, 2.05) is 24.3 Å². The second kappa shape index (κ2) is 15.4. The van der Waals surface area contributed by atoms with Crippen LogP contribution in [0.3, 0.4) is 0 Å². The molecule has 1 aromatic rings. The highest BCUT2D eigenvalue weighted by molar-refractivity contribution is 5.66. The highest BCUT2D eigenvalue weighted by atomic mass is 16.7. The molecule has 0 radical (unpaired) electrons. The second-order valence-corrected chi connectivity index (χ2v) is 9.46. The Morgan fingerprint density at radius 3 is 2.57 bits per heavy atom. The summed E-state index contributed by atoms with van der Waals surface area (Å²) in [7, 11) is 1.71. The molecule has 0 aromatic heterocycles. The van der Waals surface area contributed by atoms with Gasteiger partial charge in [-0.05, 0) is 44.1 Å². The first-order valence-corrected chi connectivity index (χ1v) is 12.9. The third-order valence-corrected chi connectivity index (χ3v) is 6.57. The molecule has 0 aliphatic carbocycles. The van der Waals surface area contributed by atoms with Crippen LogP contribution in [0, 0.1) is 0 Å². The summed E-state index contributed by atoms with van der Waals surface area (Å²) in [5, 5.41) is 0. The Morgan fingerprint density at radius 2 is 1.89 bits per heavy atom. The zero-order chi connectivity index (χ0) is 24.9. The fraction of sp³-hybridized carbons (Fsp3) is 0.679. The van der Waals surface area contributed by atoms with Gasteiger partial charge in [0.25, 0.3) is 0 Å². The van der Waals surface area contributed by atoms with Gasteiger partial charge in [0, 0.05) is 26.9 Å². The number of rotatable bonds is 15. The Balaban J connectivity index is 1.52. The van der Waals surface area contributed by atoms with Gasteiger partial charge in [-0.15, -0.1) is 6.58 Å². The summed E-state index contributed by atoms with van der Waals surface area (Å²) in [6.45, 7) is 7.23. The van der Waals surface area contributed by atoms with E-state index in [9.17, 15) is 4.79 Å². The summed E-state index contributed by atoms with van der Waals surface area (Å²) in [6.07, 6.45) is 7.90. The predicted octanol–water partition coefficient (Wildman–Crippen LogP) is 4.97. The average molecular weight is 491 g/mol. The van der Waals surface area contributed by atoms with Gasteiger partial charge in [-0.25, -0.2) is 0 Å². The lowest BCUT2D eigenvalue weighted by atomic mass is 9.93. The molecule has 0 N–H and O–H groups in total.